The van der Waals surface area contributed by atoms with Gasteiger partial charge in [0.05, 0.1) is 24.1 Å². The van der Waals surface area contributed by atoms with Crippen molar-refractivity contribution in [2.75, 3.05) is 18.0 Å². The van der Waals surface area contributed by atoms with Gasteiger partial charge in [-0.2, -0.15) is 0 Å². The summed E-state index contributed by atoms with van der Waals surface area (Å²) in [4.78, 5) is 15.6. The summed E-state index contributed by atoms with van der Waals surface area (Å²) >= 11 is 0. The highest BCUT2D eigenvalue weighted by molar-refractivity contribution is 5.94. The maximum atomic E-state index is 14.0. The lowest BCUT2D eigenvalue weighted by Gasteiger charge is -2.36. The number of carbonyl (C=O) groups excluding carboxylic acids is 1. The fraction of sp³-hybridized carbons (Fsp3) is 0.607. The summed E-state index contributed by atoms with van der Waals surface area (Å²) < 4.78 is 39.0. The van der Waals surface area contributed by atoms with Crippen LogP contribution in [0.5, 0.6) is 0 Å². The number of hydrogen-bond donors (Lipinski definition) is 0. The van der Waals surface area contributed by atoms with Crippen molar-refractivity contribution in [2.24, 2.45) is 11.8 Å². The van der Waals surface area contributed by atoms with Gasteiger partial charge in [-0.15, -0.1) is 4.52 Å². The van der Waals surface area contributed by atoms with E-state index in [1.54, 1.807) is 21.5 Å². The second-order valence-electron chi connectivity index (χ2n) is 11.2. The van der Waals surface area contributed by atoms with Gasteiger partial charge in [-0.1, -0.05) is 13.8 Å². The number of anilines is 1. The van der Waals surface area contributed by atoms with E-state index in [9.17, 15) is 13.6 Å². The van der Waals surface area contributed by atoms with Crippen LogP contribution in [0.2, 0.25) is 0 Å². The average molecular weight is 515 g/mol. The van der Waals surface area contributed by atoms with Crippen LogP contribution in [0.3, 0.4) is 0 Å². The van der Waals surface area contributed by atoms with Crippen LogP contribution in [0, 0.1) is 11.8 Å². The Morgan fingerprint density at radius 1 is 1.14 bits per heavy atom. The molecule has 1 saturated heterocycles. The molecule has 0 N–H and O–H groups in total. The first kappa shape index (κ1) is 25.8. The molecule has 2 fully saturated rings. The second-order valence-corrected chi connectivity index (χ2v) is 11.2. The van der Waals surface area contributed by atoms with E-state index in [0.29, 0.717) is 23.1 Å². The molecule has 200 valence electrons. The van der Waals surface area contributed by atoms with Crippen molar-refractivity contribution < 1.29 is 22.8 Å². The number of alkyl halides is 2. The maximum Gasteiger partial charge on any atom is 0.265 e. The first-order valence-electron chi connectivity index (χ1n) is 13.5. The van der Waals surface area contributed by atoms with Gasteiger partial charge < -0.3 is 14.2 Å². The van der Waals surface area contributed by atoms with Gasteiger partial charge in [-0.3, -0.25) is 4.79 Å². The van der Waals surface area contributed by atoms with E-state index in [4.69, 9.17) is 4.74 Å². The molecular formula is C28H38F2N5O2+. The Hall–Kier alpha value is -2.81. The second kappa shape index (κ2) is 10.5. The minimum atomic E-state index is -2.62. The average Bonchev–Trinajstić information content (AvgIpc) is 3.47. The van der Waals surface area contributed by atoms with Crippen molar-refractivity contribution >= 4 is 11.5 Å². The molecular weight excluding hydrogens is 476 g/mol. The van der Waals surface area contributed by atoms with Crippen molar-refractivity contribution in [3.05, 3.63) is 53.9 Å². The molecule has 0 spiro atoms. The molecule has 3 aromatic rings. The summed E-state index contributed by atoms with van der Waals surface area (Å²) in [7, 11) is 0. The third-order valence-corrected chi connectivity index (χ3v) is 8.13. The number of carbonyl (C=O) groups is 1. The lowest BCUT2D eigenvalue weighted by atomic mass is 9.79. The maximum absolute atomic E-state index is 14.0. The number of nitrogens with zero attached hydrogens (tertiary/aromatic N) is 5. The van der Waals surface area contributed by atoms with E-state index in [-0.39, 0.29) is 36.0 Å². The van der Waals surface area contributed by atoms with Crippen LogP contribution < -0.4 is 9.42 Å². The number of ether oxygens (including phenoxy) is 1. The quantitative estimate of drug-likeness (QED) is 0.326. The molecule has 0 unspecified atom stereocenters. The molecule has 0 aromatic carbocycles. The summed E-state index contributed by atoms with van der Waals surface area (Å²) in [6.07, 6.45) is 10.3. The van der Waals surface area contributed by atoms with E-state index in [2.05, 4.69) is 23.8 Å². The number of rotatable bonds is 7. The molecule has 2 aliphatic rings. The minimum absolute atomic E-state index is 0.0437. The summed E-state index contributed by atoms with van der Waals surface area (Å²) in [6.45, 7) is 10.1. The summed E-state index contributed by atoms with van der Waals surface area (Å²) in [6, 6.07) is 2.18. The summed E-state index contributed by atoms with van der Waals surface area (Å²) in [5.41, 5.74) is 1.70. The number of halogens is 2. The number of Topliss-reactive ketones (excluding diaryl/α,β-unsaturated/α-hetero) is 1. The van der Waals surface area contributed by atoms with Gasteiger partial charge in [-0.05, 0) is 67.6 Å². The van der Waals surface area contributed by atoms with Crippen LogP contribution in [-0.2, 0) is 11.2 Å². The van der Waals surface area contributed by atoms with E-state index in [1.807, 2.05) is 36.9 Å². The number of ketones is 1. The van der Waals surface area contributed by atoms with Gasteiger partial charge in [-0.25, -0.2) is 8.78 Å². The monoisotopic (exact) mass is 514 g/mol. The highest BCUT2D eigenvalue weighted by Crippen LogP contribution is 2.37. The van der Waals surface area contributed by atoms with Gasteiger partial charge in [0.25, 0.3) is 6.43 Å². The number of aromatic nitrogens is 4. The van der Waals surface area contributed by atoms with Crippen molar-refractivity contribution in [2.45, 2.75) is 84.5 Å². The lowest BCUT2D eigenvalue weighted by Crippen LogP contribution is -2.46. The van der Waals surface area contributed by atoms with Crippen LogP contribution in [0.15, 0.2) is 37.1 Å². The molecule has 1 aliphatic heterocycles. The Kier molecular flexibility index (Phi) is 7.34. The van der Waals surface area contributed by atoms with Gasteiger partial charge >= 0.3 is 0 Å². The number of fused-ring (bicyclic) bond motifs is 1. The first-order valence-corrected chi connectivity index (χ1v) is 13.5. The Morgan fingerprint density at radius 3 is 2.49 bits per heavy atom. The molecule has 5 rings (SSSR count). The van der Waals surface area contributed by atoms with Crippen molar-refractivity contribution in [1.82, 2.24) is 14.3 Å². The number of morpholine rings is 1. The molecule has 7 nitrogen and oxygen atoms in total. The molecule has 9 heteroatoms. The van der Waals surface area contributed by atoms with Crippen molar-refractivity contribution in [3.63, 3.8) is 0 Å². The van der Waals surface area contributed by atoms with Gasteiger partial charge in [0.2, 0.25) is 17.7 Å². The standard InChI is InChI=1S/C28H38F2N5O2/c1-18(2)21-5-7-23(8-6-21)33-15-22(25(17-33)28(29)30)11-27(36)26-12-31-35-10-9-24(16-34(26)35)32-13-19(3)37-20(4)14-32/h9-10,12,15-21,23,28H,5-8,11,13-14H2,1-4H3/q+1/t19-,20-,21?,23?/m1/s1. The van der Waals surface area contributed by atoms with Crippen molar-refractivity contribution in [1.29, 1.82) is 0 Å². The summed E-state index contributed by atoms with van der Waals surface area (Å²) in [5.74, 6) is 1.11. The minimum Gasteiger partial charge on any atom is -0.372 e. The molecule has 1 saturated carbocycles. The molecule has 2 atom stereocenters. The van der Waals surface area contributed by atoms with Crippen LogP contribution in [0.1, 0.15) is 87.5 Å². The van der Waals surface area contributed by atoms with E-state index in [0.717, 1.165) is 44.5 Å². The van der Waals surface area contributed by atoms with Crippen LogP contribution in [0.4, 0.5) is 14.5 Å². The highest BCUT2D eigenvalue weighted by atomic mass is 19.3. The van der Waals surface area contributed by atoms with Crippen LogP contribution in [-0.4, -0.2) is 45.4 Å². The van der Waals surface area contributed by atoms with E-state index >= 15 is 0 Å². The van der Waals surface area contributed by atoms with E-state index in [1.165, 1.54) is 6.20 Å². The van der Waals surface area contributed by atoms with Crippen LogP contribution >= 0.6 is 0 Å². The lowest BCUT2D eigenvalue weighted by molar-refractivity contribution is -0.624. The molecule has 1 aliphatic carbocycles. The molecule has 0 bridgehead atoms. The fourth-order valence-electron chi connectivity index (χ4n) is 6.09. The summed E-state index contributed by atoms with van der Waals surface area (Å²) in [5, 5.41) is 4.32. The fourth-order valence-corrected chi connectivity index (χ4v) is 6.09. The zero-order valence-corrected chi connectivity index (χ0v) is 22.2. The van der Waals surface area contributed by atoms with Crippen molar-refractivity contribution in [3.8, 4) is 0 Å². The van der Waals surface area contributed by atoms with Gasteiger partial charge in [0.1, 0.15) is 6.20 Å². The van der Waals surface area contributed by atoms with E-state index < -0.39 is 6.43 Å². The Balaban J connectivity index is 1.37. The number of hydrogen-bond acceptors (Lipinski definition) is 4. The topological polar surface area (TPSA) is 55.9 Å². The SMILES string of the molecule is CC(C)C1CCC(n2cc(CC(=O)c3cnn4ccc(N5C[C@@H](C)O[C@H](C)C5)c[n+]34)c(C(F)F)c2)CC1. The predicted octanol–water partition coefficient (Wildman–Crippen LogP) is 5.09. The first-order chi connectivity index (χ1) is 17.7. The molecule has 4 heterocycles. The zero-order valence-electron chi connectivity index (χ0n) is 22.2. The third-order valence-electron chi connectivity index (χ3n) is 8.13. The molecule has 0 amide bonds. The molecule has 37 heavy (non-hydrogen) atoms. The molecule has 3 aromatic heterocycles. The molecule has 0 radical (unpaired) electrons. The zero-order chi connectivity index (χ0) is 26.3. The third kappa shape index (κ3) is 5.42. The van der Waals surface area contributed by atoms with Crippen LogP contribution in [0.25, 0.3) is 0 Å². The highest BCUT2D eigenvalue weighted by Gasteiger charge is 2.29. The Morgan fingerprint density at radius 2 is 1.84 bits per heavy atom. The normalized spacial score (nSPS) is 24.9. The smallest absolute Gasteiger partial charge is 0.265 e. The largest absolute Gasteiger partial charge is 0.372 e. The van der Waals surface area contributed by atoms with Gasteiger partial charge in [0.15, 0.2) is 0 Å². The Bertz CT molecular complexity index is 1230. The Labute approximate surface area is 217 Å². The van der Waals surface area contributed by atoms with Gasteiger partial charge in [0, 0.05) is 48.6 Å². The predicted molar refractivity (Wildman–Crippen MR) is 136 cm³/mol.